The second-order valence-electron chi connectivity index (χ2n) is 3.71. The third-order valence-electron chi connectivity index (χ3n) is 3.22. The molecule has 2 heterocycles. The summed E-state index contributed by atoms with van der Waals surface area (Å²) in [6.07, 6.45) is 5.30. The lowest BCUT2D eigenvalue weighted by Crippen LogP contribution is -2.48. The molecule has 2 saturated heterocycles. The van der Waals surface area contributed by atoms with Crippen molar-refractivity contribution in [3.05, 3.63) is 0 Å². The molecule has 0 aromatic heterocycles. The molecule has 0 aromatic carbocycles. The Morgan fingerprint density at radius 3 is 2.60 bits per heavy atom. The van der Waals surface area contributed by atoms with Gasteiger partial charge in [0.25, 0.3) is 0 Å². The summed E-state index contributed by atoms with van der Waals surface area (Å²) in [5.74, 6) is 0. The Balaban J connectivity index is 2.13. The molecule has 0 unspecified atom stereocenters. The third-order valence-corrected chi connectivity index (χ3v) is 3.22. The van der Waals surface area contributed by atoms with Crippen LogP contribution in [0.5, 0.6) is 0 Å². The van der Waals surface area contributed by atoms with Gasteiger partial charge >= 0.3 is 0 Å². The fraction of sp³-hybridized carbons (Fsp3) is 1.00. The van der Waals surface area contributed by atoms with E-state index in [1.54, 1.807) is 0 Å². The minimum atomic E-state index is 0.462. The van der Waals surface area contributed by atoms with E-state index in [-0.39, 0.29) is 0 Å². The van der Waals surface area contributed by atoms with Crippen LogP contribution in [-0.2, 0) is 0 Å². The highest BCUT2D eigenvalue weighted by molar-refractivity contribution is 4.96. The Bertz CT molecular complexity index is 135. The average Bonchev–Trinajstić information content (AvgIpc) is 2.13. The van der Waals surface area contributed by atoms with Gasteiger partial charge in [0.05, 0.1) is 0 Å². The first-order valence-corrected chi connectivity index (χ1v) is 4.26. The molecule has 0 aromatic rings. The van der Waals surface area contributed by atoms with E-state index in [0.717, 1.165) is 6.04 Å². The summed E-state index contributed by atoms with van der Waals surface area (Å²) < 4.78 is 0. The molecule has 58 valence electrons. The summed E-state index contributed by atoms with van der Waals surface area (Å²) in [6.45, 7) is 0. The van der Waals surface area contributed by atoms with Gasteiger partial charge in [0.15, 0.2) is 0 Å². The maximum Gasteiger partial charge on any atom is 0.0247 e. The van der Waals surface area contributed by atoms with Crippen LogP contribution in [0.2, 0.25) is 0 Å². The highest BCUT2D eigenvalue weighted by Crippen LogP contribution is 2.32. The van der Waals surface area contributed by atoms with Crippen molar-refractivity contribution in [1.82, 2.24) is 4.90 Å². The zero-order chi connectivity index (χ0) is 7.14. The lowest BCUT2D eigenvalue weighted by Gasteiger charge is -2.35. The molecule has 2 fully saturated rings. The lowest BCUT2D eigenvalue weighted by atomic mass is 9.99. The van der Waals surface area contributed by atoms with Gasteiger partial charge in [-0.05, 0) is 32.7 Å². The van der Waals surface area contributed by atoms with Gasteiger partial charge in [-0.15, -0.1) is 0 Å². The van der Waals surface area contributed by atoms with Gasteiger partial charge in [0.2, 0.25) is 0 Å². The Morgan fingerprint density at radius 2 is 1.90 bits per heavy atom. The molecule has 0 saturated carbocycles. The molecule has 0 aliphatic carbocycles. The molecular formula is C8H16N2. The van der Waals surface area contributed by atoms with Crippen molar-refractivity contribution < 1.29 is 0 Å². The van der Waals surface area contributed by atoms with E-state index in [1.807, 2.05) is 0 Å². The zero-order valence-corrected chi connectivity index (χ0v) is 6.59. The van der Waals surface area contributed by atoms with Crippen molar-refractivity contribution in [3.63, 3.8) is 0 Å². The molecule has 10 heavy (non-hydrogen) atoms. The molecule has 3 atom stereocenters. The largest absolute Gasteiger partial charge is 0.326 e. The number of nitrogens with zero attached hydrogens (tertiary/aromatic N) is 1. The van der Waals surface area contributed by atoms with Crippen LogP contribution < -0.4 is 5.73 Å². The number of hydrogen-bond donors (Lipinski definition) is 1. The number of piperidine rings is 1. The topological polar surface area (TPSA) is 29.3 Å². The molecule has 2 aliphatic rings. The maximum absolute atomic E-state index is 5.96. The van der Waals surface area contributed by atoms with Crippen molar-refractivity contribution in [1.29, 1.82) is 0 Å². The van der Waals surface area contributed by atoms with Crippen molar-refractivity contribution in [2.24, 2.45) is 5.73 Å². The second kappa shape index (κ2) is 2.21. The monoisotopic (exact) mass is 140 g/mol. The quantitative estimate of drug-likeness (QED) is 0.533. The smallest absolute Gasteiger partial charge is 0.0247 e. The first-order chi connectivity index (χ1) is 4.79. The van der Waals surface area contributed by atoms with E-state index in [9.17, 15) is 0 Å². The van der Waals surface area contributed by atoms with Crippen LogP contribution in [0, 0.1) is 0 Å². The summed E-state index contributed by atoms with van der Waals surface area (Å²) in [5, 5.41) is 0. The van der Waals surface area contributed by atoms with Crippen LogP contribution >= 0.6 is 0 Å². The Kier molecular flexibility index (Phi) is 1.46. The molecule has 0 spiro atoms. The molecule has 0 radical (unpaired) electrons. The molecule has 2 bridgehead atoms. The van der Waals surface area contributed by atoms with E-state index in [1.165, 1.54) is 25.7 Å². The van der Waals surface area contributed by atoms with Crippen LogP contribution in [-0.4, -0.2) is 30.1 Å². The standard InChI is InChI=1S/C8H16N2/c1-10-6-2-4-7(9)8(10)5-3-6/h6-8H,2-5,9H2,1H3/t6-,7+,8+/m0/s1. The van der Waals surface area contributed by atoms with E-state index < -0.39 is 0 Å². The van der Waals surface area contributed by atoms with Crippen molar-refractivity contribution >= 4 is 0 Å². The number of rotatable bonds is 0. The molecule has 2 rings (SSSR count). The van der Waals surface area contributed by atoms with Gasteiger partial charge in [-0.1, -0.05) is 0 Å². The predicted octanol–water partition coefficient (Wildman–Crippen LogP) is 0.570. The van der Waals surface area contributed by atoms with E-state index in [2.05, 4.69) is 11.9 Å². The third kappa shape index (κ3) is 0.789. The molecule has 0 amide bonds. The molecule has 2 aliphatic heterocycles. The average molecular weight is 140 g/mol. The molecule has 2 nitrogen and oxygen atoms in total. The number of nitrogens with two attached hydrogens (primary N) is 1. The van der Waals surface area contributed by atoms with Gasteiger partial charge in [0.1, 0.15) is 0 Å². The fourth-order valence-corrected chi connectivity index (χ4v) is 2.48. The number of fused-ring (bicyclic) bond motifs is 2. The van der Waals surface area contributed by atoms with Gasteiger partial charge in [-0.2, -0.15) is 0 Å². The normalized spacial score (nSPS) is 48.0. The fourth-order valence-electron chi connectivity index (χ4n) is 2.48. The molecule has 2 N–H and O–H groups in total. The van der Waals surface area contributed by atoms with E-state index >= 15 is 0 Å². The van der Waals surface area contributed by atoms with Crippen LogP contribution in [0.25, 0.3) is 0 Å². The summed E-state index contributed by atoms with van der Waals surface area (Å²) >= 11 is 0. The van der Waals surface area contributed by atoms with Crippen LogP contribution in [0.15, 0.2) is 0 Å². The lowest BCUT2D eigenvalue weighted by molar-refractivity contribution is 0.158. The van der Waals surface area contributed by atoms with Crippen molar-refractivity contribution in [2.75, 3.05) is 7.05 Å². The Hall–Kier alpha value is -0.0800. The van der Waals surface area contributed by atoms with Gasteiger partial charge < -0.3 is 5.73 Å². The van der Waals surface area contributed by atoms with Crippen LogP contribution in [0.4, 0.5) is 0 Å². The summed E-state index contributed by atoms with van der Waals surface area (Å²) in [6, 6.07) is 2.03. The first-order valence-electron chi connectivity index (χ1n) is 4.26. The van der Waals surface area contributed by atoms with Gasteiger partial charge in [-0.3, -0.25) is 4.90 Å². The Morgan fingerprint density at radius 1 is 1.20 bits per heavy atom. The van der Waals surface area contributed by atoms with Gasteiger partial charge in [0, 0.05) is 18.1 Å². The number of likely N-dealkylation sites (N-methyl/N-ethyl adjacent to an activating group) is 1. The van der Waals surface area contributed by atoms with Crippen molar-refractivity contribution in [3.8, 4) is 0 Å². The van der Waals surface area contributed by atoms with E-state index in [4.69, 9.17) is 5.73 Å². The number of hydrogen-bond acceptors (Lipinski definition) is 2. The summed E-state index contributed by atoms with van der Waals surface area (Å²) in [4.78, 5) is 2.48. The minimum absolute atomic E-state index is 0.462. The second-order valence-corrected chi connectivity index (χ2v) is 3.71. The van der Waals surface area contributed by atoms with Gasteiger partial charge in [-0.25, -0.2) is 0 Å². The van der Waals surface area contributed by atoms with Crippen LogP contribution in [0.1, 0.15) is 25.7 Å². The predicted molar refractivity (Wildman–Crippen MR) is 41.8 cm³/mol. The summed E-state index contributed by atoms with van der Waals surface area (Å²) in [7, 11) is 2.22. The van der Waals surface area contributed by atoms with E-state index in [0.29, 0.717) is 12.1 Å². The maximum atomic E-state index is 5.96. The summed E-state index contributed by atoms with van der Waals surface area (Å²) in [5.41, 5.74) is 5.96. The zero-order valence-electron chi connectivity index (χ0n) is 6.59. The first kappa shape index (κ1) is 6.62. The Labute approximate surface area is 62.4 Å². The SMILES string of the molecule is CN1[C@H]2CC[C@@H](N)[C@H]1CC2. The van der Waals surface area contributed by atoms with Crippen molar-refractivity contribution in [2.45, 2.75) is 43.8 Å². The molecule has 2 heteroatoms. The van der Waals surface area contributed by atoms with Crippen LogP contribution in [0.3, 0.4) is 0 Å². The highest BCUT2D eigenvalue weighted by atomic mass is 15.2. The molecular weight excluding hydrogens is 124 g/mol. The minimum Gasteiger partial charge on any atom is -0.326 e. The highest BCUT2D eigenvalue weighted by Gasteiger charge is 2.37.